The van der Waals surface area contributed by atoms with Crippen LogP contribution in [0.15, 0.2) is 10.5 Å². The van der Waals surface area contributed by atoms with Gasteiger partial charge in [-0.15, -0.1) is 11.3 Å². The van der Waals surface area contributed by atoms with Gasteiger partial charge in [-0.2, -0.15) is 0 Å². The second kappa shape index (κ2) is 4.20. The lowest BCUT2D eigenvalue weighted by Crippen LogP contribution is -2.28. The number of hydrogen-bond acceptors (Lipinski definition) is 2. The summed E-state index contributed by atoms with van der Waals surface area (Å²) < 4.78 is 2.01. The molecular weight excluding hydrogens is 270 g/mol. The number of anilines is 1. The van der Waals surface area contributed by atoms with Crippen molar-refractivity contribution in [2.24, 2.45) is 0 Å². The molecule has 0 aromatic carbocycles. The first-order valence-corrected chi connectivity index (χ1v) is 6.46. The molecule has 1 aromatic rings. The molecule has 4 heteroatoms. The van der Waals surface area contributed by atoms with Gasteiger partial charge in [-0.3, -0.25) is 0 Å². The quantitative estimate of drug-likeness (QED) is 0.747. The molecule has 13 heavy (non-hydrogen) atoms. The van der Waals surface area contributed by atoms with E-state index in [1.54, 1.807) is 11.3 Å². The van der Waals surface area contributed by atoms with E-state index in [0.717, 1.165) is 8.81 Å². The van der Waals surface area contributed by atoms with E-state index in [9.17, 15) is 0 Å². The number of piperidine rings is 1. The molecule has 0 atom stereocenters. The van der Waals surface area contributed by atoms with Gasteiger partial charge in [0.05, 0.1) is 8.81 Å². The Morgan fingerprint density at radius 3 is 2.54 bits per heavy atom. The van der Waals surface area contributed by atoms with Crippen molar-refractivity contribution in [3.8, 4) is 0 Å². The van der Waals surface area contributed by atoms with Gasteiger partial charge in [-0.25, -0.2) is 0 Å². The maximum absolute atomic E-state index is 5.95. The van der Waals surface area contributed by atoms with Gasteiger partial charge in [0, 0.05) is 13.1 Å². The maximum Gasteiger partial charge on any atom is 0.107 e. The van der Waals surface area contributed by atoms with Gasteiger partial charge in [-0.1, -0.05) is 11.6 Å². The van der Waals surface area contributed by atoms with Crippen LogP contribution in [0.5, 0.6) is 0 Å². The summed E-state index contributed by atoms with van der Waals surface area (Å²) in [6.45, 7) is 2.35. The fourth-order valence-electron chi connectivity index (χ4n) is 1.64. The molecule has 0 bridgehead atoms. The third-order valence-electron chi connectivity index (χ3n) is 2.28. The summed E-state index contributed by atoms with van der Waals surface area (Å²) in [6, 6.07) is 1.98. The standard InChI is InChI=1S/C9H11BrClNS/c10-7-6-8(11)13-9(7)12-4-2-1-3-5-12/h6H,1-5H2. The molecule has 1 aromatic heterocycles. The molecule has 0 unspecified atom stereocenters. The summed E-state index contributed by atoms with van der Waals surface area (Å²) in [5.74, 6) is 0. The lowest BCUT2D eigenvalue weighted by atomic mass is 10.1. The van der Waals surface area contributed by atoms with E-state index in [-0.39, 0.29) is 0 Å². The molecule has 1 saturated heterocycles. The molecule has 0 saturated carbocycles. The summed E-state index contributed by atoms with van der Waals surface area (Å²) in [4.78, 5) is 2.42. The number of halogens is 2. The largest absolute Gasteiger partial charge is 0.362 e. The second-order valence-electron chi connectivity index (χ2n) is 3.25. The van der Waals surface area contributed by atoms with Gasteiger partial charge >= 0.3 is 0 Å². The number of rotatable bonds is 1. The van der Waals surface area contributed by atoms with E-state index in [1.807, 2.05) is 6.07 Å². The van der Waals surface area contributed by atoms with Crippen molar-refractivity contribution in [3.05, 3.63) is 14.9 Å². The van der Waals surface area contributed by atoms with Crippen LogP contribution < -0.4 is 4.90 Å². The van der Waals surface area contributed by atoms with Gasteiger partial charge in [0.15, 0.2) is 0 Å². The highest BCUT2D eigenvalue weighted by molar-refractivity contribution is 9.10. The summed E-state index contributed by atoms with van der Waals surface area (Å²) in [7, 11) is 0. The Bertz CT molecular complexity index is 294. The Morgan fingerprint density at radius 1 is 1.31 bits per heavy atom. The molecule has 1 aliphatic rings. The predicted molar refractivity (Wildman–Crippen MR) is 63.1 cm³/mol. The monoisotopic (exact) mass is 279 g/mol. The van der Waals surface area contributed by atoms with Crippen LogP contribution in [0.25, 0.3) is 0 Å². The predicted octanol–water partition coefficient (Wildman–Crippen LogP) is 4.15. The molecule has 0 spiro atoms. The van der Waals surface area contributed by atoms with Gasteiger partial charge in [0.25, 0.3) is 0 Å². The second-order valence-corrected chi connectivity index (χ2v) is 5.77. The molecule has 2 rings (SSSR count). The summed E-state index contributed by atoms with van der Waals surface area (Å²) in [6.07, 6.45) is 3.98. The van der Waals surface area contributed by atoms with Crippen molar-refractivity contribution in [1.29, 1.82) is 0 Å². The minimum Gasteiger partial charge on any atom is -0.362 e. The normalized spacial score (nSPS) is 17.8. The Hall–Kier alpha value is 0.270. The van der Waals surface area contributed by atoms with E-state index >= 15 is 0 Å². The summed E-state index contributed by atoms with van der Waals surface area (Å²) >= 11 is 11.1. The zero-order valence-electron chi connectivity index (χ0n) is 7.22. The molecular formula is C9H11BrClNS. The molecule has 0 aliphatic carbocycles. The Labute approximate surface area is 95.8 Å². The van der Waals surface area contributed by atoms with E-state index < -0.39 is 0 Å². The van der Waals surface area contributed by atoms with Crippen LogP contribution in [0, 0.1) is 0 Å². The molecule has 0 N–H and O–H groups in total. The van der Waals surface area contributed by atoms with Crippen LogP contribution in [-0.4, -0.2) is 13.1 Å². The highest BCUT2D eigenvalue weighted by atomic mass is 79.9. The third kappa shape index (κ3) is 2.20. The first kappa shape index (κ1) is 9.81. The summed E-state index contributed by atoms with van der Waals surface area (Å²) in [5.41, 5.74) is 0. The number of hydrogen-bond donors (Lipinski definition) is 0. The van der Waals surface area contributed by atoms with Crippen molar-refractivity contribution in [1.82, 2.24) is 0 Å². The number of thiophene rings is 1. The third-order valence-corrected chi connectivity index (χ3v) is 4.47. The molecule has 2 heterocycles. The van der Waals surface area contributed by atoms with Gasteiger partial charge < -0.3 is 4.90 Å². The highest BCUT2D eigenvalue weighted by Gasteiger charge is 2.15. The SMILES string of the molecule is Clc1cc(Br)c(N2CCCCC2)s1. The minimum absolute atomic E-state index is 0.868. The average molecular weight is 281 g/mol. The zero-order chi connectivity index (χ0) is 9.26. The fourth-order valence-corrected chi connectivity index (χ4v) is 3.81. The van der Waals surface area contributed by atoms with Crippen LogP contribution in [0.3, 0.4) is 0 Å². The molecule has 0 amide bonds. The van der Waals surface area contributed by atoms with Crippen molar-refractivity contribution >= 4 is 43.9 Å². The molecule has 72 valence electrons. The van der Waals surface area contributed by atoms with E-state index in [2.05, 4.69) is 20.8 Å². The molecule has 1 fully saturated rings. The van der Waals surface area contributed by atoms with E-state index in [1.165, 1.54) is 37.4 Å². The zero-order valence-corrected chi connectivity index (χ0v) is 10.4. The Balaban J connectivity index is 2.18. The highest BCUT2D eigenvalue weighted by Crippen LogP contribution is 2.39. The van der Waals surface area contributed by atoms with E-state index in [4.69, 9.17) is 11.6 Å². The topological polar surface area (TPSA) is 3.24 Å². The maximum atomic E-state index is 5.95. The van der Waals surface area contributed by atoms with Gasteiger partial charge in [0.2, 0.25) is 0 Å². The van der Waals surface area contributed by atoms with Crippen molar-refractivity contribution in [2.45, 2.75) is 19.3 Å². The van der Waals surface area contributed by atoms with Crippen molar-refractivity contribution in [3.63, 3.8) is 0 Å². The van der Waals surface area contributed by atoms with E-state index in [0.29, 0.717) is 0 Å². The van der Waals surface area contributed by atoms with Crippen molar-refractivity contribution < 1.29 is 0 Å². The fraction of sp³-hybridized carbons (Fsp3) is 0.556. The molecule has 0 radical (unpaired) electrons. The van der Waals surface area contributed by atoms with Gasteiger partial charge in [0.1, 0.15) is 5.00 Å². The lowest BCUT2D eigenvalue weighted by Gasteiger charge is -2.27. The van der Waals surface area contributed by atoms with Crippen LogP contribution in [0.1, 0.15) is 19.3 Å². The molecule has 1 nitrogen and oxygen atoms in total. The minimum atomic E-state index is 0.868. The first-order chi connectivity index (χ1) is 6.27. The van der Waals surface area contributed by atoms with Gasteiger partial charge in [-0.05, 0) is 41.3 Å². The average Bonchev–Trinajstić information content (AvgIpc) is 2.47. The Kier molecular flexibility index (Phi) is 3.17. The Morgan fingerprint density at radius 2 is 2.00 bits per heavy atom. The van der Waals surface area contributed by atoms with Crippen LogP contribution in [0.4, 0.5) is 5.00 Å². The molecule has 1 aliphatic heterocycles. The van der Waals surface area contributed by atoms with Crippen LogP contribution in [0.2, 0.25) is 4.34 Å². The first-order valence-electron chi connectivity index (χ1n) is 4.47. The lowest BCUT2D eigenvalue weighted by molar-refractivity contribution is 0.580. The number of nitrogens with zero attached hydrogens (tertiary/aromatic N) is 1. The smallest absolute Gasteiger partial charge is 0.107 e. The van der Waals surface area contributed by atoms with Crippen LogP contribution in [-0.2, 0) is 0 Å². The summed E-state index contributed by atoms with van der Waals surface area (Å²) in [5, 5.41) is 1.30. The van der Waals surface area contributed by atoms with Crippen molar-refractivity contribution in [2.75, 3.05) is 18.0 Å². The van der Waals surface area contributed by atoms with Crippen LogP contribution >= 0.6 is 38.9 Å².